The Balaban J connectivity index is 1.65. The Bertz CT molecular complexity index is 887. The number of amides is 3. The highest BCUT2D eigenvalue weighted by molar-refractivity contribution is 6.33. The zero-order valence-electron chi connectivity index (χ0n) is 18.3. The molecule has 3 N–H and O–H groups in total. The maximum absolute atomic E-state index is 12.2. The number of hydrogen-bond acceptors (Lipinski definition) is 4. The van der Waals surface area contributed by atoms with Gasteiger partial charge in [0.15, 0.2) is 0 Å². The highest BCUT2D eigenvalue weighted by atomic mass is 35.5. The lowest BCUT2D eigenvalue weighted by Crippen LogP contribution is -2.41. The maximum Gasteiger partial charge on any atom is 0.269 e. The van der Waals surface area contributed by atoms with Crippen molar-refractivity contribution in [1.82, 2.24) is 10.9 Å². The van der Waals surface area contributed by atoms with E-state index in [1.54, 1.807) is 48.5 Å². The Morgan fingerprint density at radius 1 is 0.844 bits per heavy atom. The van der Waals surface area contributed by atoms with Gasteiger partial charge in [0.05, 0.1) is 17.3 Å². The van der Waals surface area contributed by atoms with Crippen LogP contribution in [-0.2, 0) is 9.59 Å². The molecular formula is C24H30ClN3O4. The molecule has 0 radical (unpaired) electrons. The van der Waals surface area contributed by atoms with E-state index in [0.717, 1.165) is 12.8 Å². The van der Waals surface area contributed by atoms with Gasteiger partial charge in [-0.3, -0.25) is 25.2 Å². The van der Waals surface area contributed by atoms with Gasteiger partial charge < -0.3 is 10.1 Å². The Labute approximate surface area is 193 Å². The first-order valence-corrected chi connectivity index (χ1v) is 11.2. The second-order valence-corrected chi connectivity index (χ2v) is 7.72. The van der Waals surface area contributed by atoms with E-state index in [-0.39, 0.29) is 18.7 Å². The number of halogens is 1. The van der Waals surface area contributed by atoms with Crippen LogP contribution >= 0.6 is 11.6 Å². The Morgan fingerprint density at radius 3 is 2.25 bits per heavy atom. The average Bonchev–Trinajstić information content (AvgIpc) is 2.80. The van der Waals surface area contributed by atoms with Crippen molar-refractivity contribution in [2.75, 3.05) is 11.9 Å². The highest BCUT2D eigenvalue weighted by Gasteiger charge is 2.11. The van der Waals surface area contributed by atoms with E-state index < -0.39 is 11.8 Å². The van der Waals surface area contributed by atoms with Gasteiger partial charge in [-0.15, -0.1) is 0 Å². The molecule has 32 heavy (non-hydrogen) atoms. The lowest BCUT2D eigenvalue weighted by Gasteiger charge is -2.09. The molecule has 2 aromatic carbocycles. The van der Waals surface area contributed by atoms with Crippen LogP contribution in [0, 0.1) is 0 Å². The summed E-state index contributed by atoms with van der Waals surface area (Å²) in [6.07, 6.45) is 5.70. The summed E-state index contributed by atoms with van der Waals surface area (Å²) in [6.45, 7) is 2.83. The zero-order chi connectivity index (χ0) is 23.2. The van der Waals surface area contributed by atoms with Crippen molar-refractivity contribution in [3.63, 3.8) is 0 Å². The Hall–Kier alpha value is -3.06. The van der Waals surface area contributed by atoms with Crippen LogP contribution in [0.1, 0.15) is 62.2 Å². The first-order valence-electron chi connectivity index (χ1n) is 10.9. The molecule has 172 valence electrons. The molecule has 0 spiro atoms. The SMILES string of the molecule is CCCCCCCOc1ccc(C(=O)NNC(=O)CCC(=O)Nc2ccccc2Cl)cc1. The van der Waals surface area contributed by atoms with Gasteiger partial charge in [0.25, 0.3) is 5.91 Å². The Morgan fingerprint density at radius 2 is 1.53 bits per heavy atom. The topological polar surface area (TPSA) is 96.5 Å². The molecule has 2 aromatic rings. The van der Waals surface area contributed by atoms with Crippen molar-refractivity contribution in [1.29, 1.82) is 0 Å². The van der Waals surface area contributed by atoms with Crippen LogP contribution in [0.2, 0.25) is 5.02 Å². The van der Waals surface area contributed by atoms with Crippen molar-refractivity contribution < 1.29 is 19.1 Å². The molecule has 0 aromatic heterocycles. The summed E-state index contributed by atoms with van der Waals surface area (Å²) < 4.78 is 5.68. The molecule has 3 amide bonds. The number of carbonyl (C=O) groups excluding carboxylic acids is 3. The molecular weight excluding hydrogens is 430 g/mol. The number of ether oxygens (including phenoxy) is 1. The summed E-state index contributed by atoms with van der Waals surface area (Å²) in [5.74, 6) is -0.577. The molecule has 7 nitrogen and oxygen atoms in total. The van der Waals surface area contributed by atoms with E-state index >= 15 is 0 Å². The van der Waals surface area contributed by atoms with Crippen LogP contribution in [0.4, 0.5) is 5.69 Å². The molecule has 8 heteroatoms. The third kappa shape index (κ3) is 9.39. The molecule has 0 aliphatic heterocycles. The van der Waals surface area contributed by atoms with E-state index in [1.807, 2.05) is 0 Å². The molecule has 0 saturated carbocycles. The Kier molecular flexibility index (Phi) is 11.1. The van der Waals surface area contributed by atoms with Crippen LogP contribution < -0.4 is 20.9 Å². The van der Waals surface area contributed by atoms with Crippen LogP contribution in [0.5, 0.6) is 5.75 Å². The predicted octanol–water partition coefficient (Wildman–Crippen LogP) is 4.87. The molecule has 0 atom stereocenters. The average molecular weight is 460 g/mol. The van der Waals surface area contributed by atoms with E-state index in [0.29, 0.717) is 28.6 Å². The summed E-state index contributed by atoms with van der Waals surface area (Å²) in [7, 11) is 0. The number of hydrogen-bond donors (Lipinski definition) is 3. The lowest BCUT2D eigenvalue weighted by molar-refractivity contribution is -0.124. The zero-order valence-corrected chi connectivity index (χ0v) is 19.0. The smallest absolute Gasteiger partial charge is 0.269 e. The quantitative estimate of drug-likeness (QED) is 0.311. The number of para-hydroxylation sites is 1. The third-order valence-corrected chi connectivity index (χ3v) is 5.01. The van der Waals surface area contributed by atoms with Crippen LogP contribution in [0.3, 0.4) is 0 Å². The van der Waals surface area contributed by atoms with Gasteiger partial charge in [0.1, 0.15) is 5.75 Å². The molecule has 0 unspecified atom stereocenters. The number of nitrogens with one attached hydrogen (secondary N) is 3. The van der Waals surface area contributed by atoms with Gasteiger partial charge in [0, 0.05) is 18.4 Å². The minimum absolute atomic E-state index is 0.0442. The first kappa shape index (κ1) is 25.2. The number of unbranched alkanes of at least 4 members (excludes halogenated alkanes) is 4. The minimum Gasteiger partial charge on any atom is -0.494 e. The summed E-state index contributed by atoms with van der Waals surface area (Å²) in [6, 6.07) is 13.5. The molecule has 0 aliphatic rings. The fourth-order valence-electron chi connectivity index (χ4n) is 2.86. The monoisotopic (exact) mass is 459 g/mol. The number of benzene rings is 2. The fraction of sp³-hybridized carbons (Fsp3) is 0.375. The van der Waals surface area contributed by atoms with Crippen LogP contribution in [-0.4, -0.2) is 24.3 Å². The minimum atomic E-state index is -0.476. The molecule has 0 fully saturated rings. The molecule has 0 heterocycles. The summed E-state index contributed by atoms with van der Waals surface area (Å²) >= 11 is 5.98. The van der Waals surface area contributed by atoms with Gasteiger partial charge in [-0.25, -0.2) is 0 Å². The van der Waals surface area contributed by atoms with Crippen molar-refractivity contribution >= 4 is 35.0 Å². The van der Waals surface area contributed by atoms with Gasteiger partial charge in [-0.05, 0) is 42.8 Å². The van der Waals surface area contributed by atoms with Crippen molar-refractivity contribution in [2.45, 2.75) is 51.9 Å². The maximum atomic E-state index is 12.2. The summed E-state index contributed by atoms with van der Waals surface area (Å²) in [5.41, 5.74) is 5.52. The van der Waals surface area contributed by atoms with Gasteiger partial charge in [-0.1, -0.05) is 56.3 Å². The van der Waals surface area contributed by atoms with Crippen LogP contribution in [0.15, 0.2) is 48.5 Å². The summed E-state index contributed by atoms with van der Waals surface area (Å²) in [4.78, 5) is 36.0. The number of carbonyl (C=O) groups is 3. The summed E-state index contributed by atoms with van der Waals surface area (Å²) in [5, 5.41) is 3.06. The second kappa shape index (κ2) is 14.1. The van der Waals surface area contributed by atoms with Crippen molar-refractivity contribution in [3.05, 3.63) is 59.1 Å². The van der Waals surface area contributed by atoms with Crippen molar-refractivity contribution in [3.8, 4) is 5.75 Å². The highest BCUT2D eigenvalue weighted by Crippen LogP contribution is 2.20. The number of anilines is 1. The lowest BCUT2D eigenvalue weighted by atomic mass is 10.2. The van der Waals surface area contributed by atoms with E-state index in [1.165, 1.54) is 19.3 Å². The largest absolute Gasteiger partial charge is 0.494 e. The molecule has 0 saturated heterocycles. The normalized spacial score (nSPS) is 10.3. The van der Waals surface area contributed by atoms with E-state index in [9.17, 15) is 14.4 Å². The van der Waals surface area contributed by atoms with Gasteiger partial charge in [0.2, 0.25) is 11.8 Å². The fourth-order valence-corrected chi connectivity index (χ4v) is 3.04. The number of rotatable bonds is 12. The third-order valence-electron chi connectivity index (χ3n) is 4.68. The van der Waals surface area contributed by atoms with Gasteiger partial charge >= 0.3 is 0 Å². The number of hydrazine groups is 1. The molecule has 0 aliphatic carbocycles. The van der Waals surface area contributed by atoms with Crippen molar-refractivity contribution in [2.24, 2.45) is 0 Å². The first-order chi connectivity index (χ1) is 15.5. The van der Waals surface area contributed by atoms with E-state index in [2.05, 4.69) is 23.1 Å². The van der Waals surface area contributed by atoms with Gasteiger partial charge in [-0.2, -0.15) is 0 Å². The second-order valence-electron chi connectivity index (χ2n) is 7.32. The molecule has 2 rings (SSSR count). The predicted molar refractivity (Wildman–Crippen MR) is 126 cm³/mol. The standard InChI is InChI=1S/C24H30ClN3O4/c1-2-3-4-5-8-17-32-19-13-11-18(12-14-19)24(31)28-27-23(30)16-15-22(29)26-21-10-7-6-9-20(21)25/h6-7,9-14H,2-5,8,15-17H2,1H3,(H,26,29)(H,27,30)(H,28,31). The molecule has 0 bridgehead atoms. The van der Waals surface area contributed by atoms with Crippen LogP contribution in [0.25, 0.3) is 0 Å². The van der Waals surface area contributed by atoms with E-state index in [4.69, 9.17) is 16.3 Å².